The number of carbonyl (C=O) groups excluding carboxylic acids is 1. The molecule has 0 amide bonds. The van der Waals surface area contributed by atoms with E-state index in [1.165, 1.54) is 146 Å². The van der Waals surface area contributed by atoms with Crippen LogP contribution in [0.4, 0.5) is 0 Å². The van der Waals surface area contributed by atoms with Gasteiger partial charge in [-0.2, -0.15) is 0 Å². The van der Waals surface area contributed by atoms with E-state index in [0.29, 0.717) is 17.3 Å². The molecule has 1 aromatic heterocycles. The minimum absolute atomic E-state index is 0.0540. The lowest BCUT2D eigenvalue weighted by atomic mass is 9.47. The molecule has 3 saturated carbocycles. The van der Waals surface area contributed by atoms with Crippen LogP contribution < -0.4 is 0 Å². The van der Waals surface area contributed by atoms with Crippen LogP contribution >= 0.6 is 0 Å². The highest BCUT2D eigenvalue weighted by molar-refractivity contribution is 5.69. The summed E-state index contributed by atoms with van der Waals surface area (Å²) in [5.74, 6) is 7.70. The maximum absolute atomic E-state index is 12.9. The topological polar surface area (TPSA) is 39.4 Å². The maximum Gasteiger partial charge on any atom is 0.306 e. The monoisotopic (exact) mass is 733 g/mol. The first kappa shape index (κ1) is 42.6. The normalized spacial score (nSPS) is 30.1. The first-order chi connectivity index (χ1) is 25.5. The molecule has 4 aliphatic rings. The van der Waals surface area contributed by atoms with E-state index >= 15 is 0 Å². The standard InChI is InChI=1S/C50H84O3/c1-8-9-18-24-41-35-39(5)47(52-41)25-19-16-14-12-10-11-13-15-17-20-26-48(51)53-42-31-33-49(6)40(36-42)27-28-43-45-30-29-44(38(4)23-21-22-37(2)3)50(45,7)34-32-46(43)49/h27,35,37-38,42-46H,8-26,28-34,36H2,1-7H3. The molecule has 4 aliphatic carbocycles. The zero-order chi connectivity index (χ0) is 37.8. The second-order valence-electron chi connectivity index (χ2n) is 20.0. The Labute approximate surface area is 328 Å². The highest BCUT2D eigenvalue weighted by Gasteiger charge is 2.59. The smallest absolute Gasteiger partial charge is 0.306 e. The van der Waals surface area contributed by atoms with Gasteiger partial charge in [0, 0.05) is 25.7 Å². The van der Waals surface area contributed by atoms with Crippen LogP contribution in [0.15, 0.2) is 22.1 Å². The van der Waals surface area contributed by atoms with Gasteiger partial charge in [0.25, 0.3) is 0 Å². The average Bonchev–Trinajstić information content (AvgIpc) is 3.67. The second-order valence-corrected chi connectivity index (χ2v) is 20.0. The van der Waals surface area contributed by atoms with Gasteiger partial charge in [-0.1, -0.05) is 137 Å². The highest BCUT2D eigenvalue weighted by Crippen LogP contribution is 2.67. The second kappa shape index (κ2) is 20.6. The van der Waals surface area contributed by atoms with Crippen molar-refractivity contribution in [1.82, 2.24) is 0 Å². The Morgan fingerprint density at radius 2 is 1.51 bits per heavy atom. The van der Waals surface area contributed by atoms with Crippen LogP contribution in [0.1, 0.15) is 219 Å². The number of esters is 1. The molecular weight excluding hydrogens is 649 g/mol. The van der Waals surface area contributed by atoms with Crippen molar-refractivity contribution in [2.75, 3.05) is 0 Å². The third-order valence-corrected chi connectivity index (χ3v) is 15.7. The molecule has 1 aromatic rings. The fourth-order valence-corrected chi connectivity index (χ4v) is 12.5. The fourth-order valence-electron chi connectivity index (χ4n) is 12.5. The average molecular weight is 733 g/mol. The predicted molar refractivity (Wildman–Crippen MR) is 224 cm³/mol. The van der Waals surface area contributed by atoms with Crippen LogP contribution in [-0.2, 0) is 22.4 Å². The molecule has 0 spiro atoms. The molecular formula is C50H84O3. The lowest BCUT2D eigenvalue weighted by molar-refractivity contribution is -0.151. The van der Waals surface area contributed by atoms with Gasteiger partial charge in [-0.05, 0) is 129 Å². The first-order valence-corrected chi connectivity index (χ1v) is 23.5. The van der Waals surface area contributed by atoms with Gasteiger partial charge in [-0.3, -0.25) is 4.79 Å². The van der Waals surface area contributed by atoms with Crippen LogP contribution in [0, 0.1) is 53.3 Å². The van der Waals surface area contributed by atoms with Crippen molar-refractivity contribution in [3.05, 3.63) is 34.8 Å². The molecule has 0 N–H and O–H groups in total. The van der Waals surface area contributed by atoms with E-state index in [1.807, 2.05) is 0 Å². The molecule has 0 aromatic carbocycles. The SMILES string of the molecule is CCCCCc1cc(C)c(CCCCCCCCCCCCC(=O)OC2CCC3(C)C(=CCC4C3CCC3(C)C(C(C)CCCC(C)C)CCC43)C2)o1. The lowest BCUT2D eigenvalue weighted by Gasteiger charge is -2.58. The number of unbranched alkanes of at least 4 members (excludes halogenated alkanes) is 11. The molecule has 0 aliphatic heterocycles. The van der Waals surface area contributed by atoms with E-state index in [-0.39, 0.29) is 12.1 Å². The Morgan fingerprint density at radius 1 is 0.811 bits per heavy atom. The van der Waals surface area contributed by atoms with Crippen molar-refractivity contribution in [1.29, 1.82) is 0 Å². The molecule has 5 rings (SSSR count). The largest absolute Gasteiger partial charge is 0.466 e. The van der Waals surface area contributed by atoms with Crippen molar-refractivity contribution >= 4 is 5.97 Å². The lowest BCUT2D eigenvalue weighted by Crippen LogP contribution is -2.51. The molecule has 0 radical (unpaired) electrons. The van der Waals surface area contributed by atoms with Crippen LogP contribution in [0.3, 0.4) is 0 Å². The Hall–Kier alpha value is -1.51. The highest BCUT2D eigenvalue weighted by atomic mass is 16.5. The van der Waals surface area contributed by atoms with Gasteiger partial charge >= 0.3 is 5.97 Å². The zero-order valence-electron chi connectivity index (χ0n) is 36.0. The van der Waals surface area contributed by atoms with Crippen molar-refractivity contribution in [3.63, 3.8) is 0 Å². The van der Waals surface area contributed by atoms with Gasteiger partial charge in [0.2, 0.25) is 0 Å². The number of carbonyl (C=O) groups is 1. The number of aryl methyl sites for hydroxylation is 3. The number of ether oxygens (including phenoxy) is 1. The van der Waals surface area contributed by atoms with E-state index < -0.39 is 0 Å². The van der Waals surface area contributed by atoms with E-state index in [1.54, 1.807) is 5.57 Å². The van der Waals surface area contributed by atoms with Crippen LogP contribution in [-0.4, -0.2) is 12.1 Å². The predicted octanol–water partition coefficient (Wildman–Crippen LogP) is 15.1. The van der Waals surface area contributed by atoms with E-state index in [2.05, 4.69) is 60.6 Å². The Balaban J connectivity index is 0.917. The molecule has 3 fully saturated rings. The number of allylic oxidation sites excluding steroid dienone is 1. The molecule has 1 heterocycles. The summed E-state index contributed by atoms with van der Waals surface area (Å²) in [6, 6.07) is 2.27. The number of rotatable bonds is 23. The van der Waals surface area contributed by atoms with Gasteiger partial charge in [-0.15, -0.1) is 0 Å². The Bertz CT molecular complexity index is 1270. The van der Waals surface area contributed by atoms with Gasteiger partial charge in [0.1, 0.15) is 17.6 Å². The van der Waals surface area contributed by atoms with Crippen LogP contribution in [0.25, 0.3) is 0 Å². The molecule has 53 heavy (non-hydrogen) atoms. The summed E-state index contributed by atoms with van der Waals surface area (Å²) in [6.45, 7) is 17.1. The molecule has 3 nitrogen and oxygen atoms in total. The van der Waals surface area contributed by atoms with Gasteiger partial charge < -0.3 is 9.15 Å². The molecule has 3 heteroatoms. The van der Waals surface area contributed by atoms with Gasteiger partial charge in [0.15, 0.2) is 0 Å². The number of hydrogen-bond acceptors (Lipinski definition) is 3. The third kappa shape index (κ3) is 11.3. The zero-order valence-corrected chi connectivity index (χ0v) is 36.0. The van der Waals surface area contributed by atoms with Gasteiger partial charge in [-0.25, -0.2) is 0 Å². The Kier molecular flexibility index (Phi) is 16.6. The summed E-state index contributed by atoms with van der Waals surface area (Å²) >= 11 is 0. The van der Waals surface area contributed by atoms with E-state index in [0.717, 1.165) is 74.0 Å². The Morgan fingerprint density at radius 3 is 2.23 bits per heavy atom. The fraction of sp³-hybridized carbons (Fsp3) is 0.860. The maximum atomic E-state index is 12.9. The summed E-state index contributed by atoms with van der Waals surface area (Å²) in [6.07, 6.45) is 36.5. The molecule has 302 valence electrons. The molecule has 8 atom stereocenters. The molecule has 0 bridgehead atoms. The molecule has 0 saturated heterocycles. The van der Waals surface area contributed by atoms with Crippen LogP contribution in [0.5, 0.6) is 0 Å². The summed E-state index contributed by atoms with van der Waals surface area (Å²) < 4.78 is 12.3. The minimum Gasteiger partial charge on any atom is -0.466 e. The summed E-state index contributed by atoms with van der Waals surface area (Å²) in [5.41, 5.74) is 3.86. The van der Waals surface area contributed by atoms with Crippen LogP contribution in [0.2, 0.25) is 0 Å². The van der Waals surface area contributed by atoms with Crippen molar-refractivity contribution in [2.24, 2.45) is 46.3 Å². The quantitative estimate of drug-likeness (QED) is 0.0639. The first-order valence-electron chi connectivity index (χ1n) is 23.5. The molecule has 8 unspecified atom stereocenters. The van der Waals surface area contributed by atoms with E-state index in [9.17, 15) is 4.79 Å². The van der Waals surface area contributed by atoms with Crippen molar-refractivity contribution in [2.45, 2.75) is 228 Å². The van der Waals surface area contributed by atoms with Gasteiger partial charge in [0.05, 0.1) is 0 Å². The summed E-state index contributed by atoms with van der Waals surface area (Å²) in [4.78, 5) is 12.9. The van der Waals surface area contributed by atoms with E-state index in [4.69, 9.17) is 9.15 Å². The minimum atomic E-state index is 0.0540. The third-order valence-electron chi connectivity index (χ3n) is 15.7. The van der Waals surface area contributed by atoms with Crippen molar-refractivity contribution in [3.8, 4) is 0 Å². The van der Waals surface area contributed by atoms with Crippen molar-refractivity contribution < 1.29 is 13.9 Å². The summed E-state index contributed by atoms with van der Waals surface area (Å²) in [5, 5.41) is 0. The summed E-state index contributed by atoms with van der Waals surface area (Å²) in [7, 11) is 0. The number of furan rings is 1. The number of hydrogen-bond donors (Lipinski definition) is 0. The number of fused-ring (bicyclic) bond motifs is 5.